The summed E-state index contributed by atoms with van der Waals surface area (Å²) in [4.78, 5) is 25.9. The number of nitrogens with zero attached hydrogens (tertiary/aromatic N) is 1. The lowest BCUT2D eigenvalue weighted by atomic mass is 10.2. The molecule has 1 aromatic rings. The third-order valence-corrected chi connectivity index (χ3v) is 2.37. The van der Waals surface area contributed by atoms with Crippen molar-refractivity contribution in [3.05, 3.63) is 28.5 Å². The molecular weight excluding hydrogens is 260 g/mol. The van der Waals surface area contributed by atoms with E-state index >= 15 is 0 Å². The molecule has 98 valence electrons. The number of pyridine rings is 1. The molecule has 0 aromatic carbocycles. The highest BCUT2D eigenvalue weighted by Crippen LogP contribution is 2.10. The van der Waals surface area contributed by atoms with Crippen LogP contribution in [0.2, 0.25) is 5.15 Å². The Balaban J connectivity index is 2.53. The maximum atomic E-state index is 11.7. The van der Waals surface area contributed by atoms with Crippen molar-refractivity contribution in [2.24, 2.45) is 0 Å². The monoisotopic (exact) mass is 272 g/mol. The van der Waals surface area contributed by atoms with E-state index in [4.69, 9.17) is 21.8 Å². The number of hydrogen-bond donors (Lipinski definition) is 3. The first-order valence-corrected chi connectivity index (χ1v) is 5.61. The first-order valence-electron chi connectivity index (χ1n) is 5.23. The first-order chi connectivity index (χ1) is 8.40. The lowest BCUT2D eigenvalue weighted by Crippen LogP contribution is -2.30. The molecular formula is C11H13ClN2O4. The molecule has 0 aliphatic rings. The van der Waals surface area contributed by atoms with Gasteiger partial charge in [-0.1, -0.05) is 11.6 Å². The molecule has 1 rings (SSSR count). The van der Waals surface area contributed by atoms with Crippen LogP contribution in [-0.2, 0) is 4.79 Å². The predicted octanol–water partition coefficient (Wildman–Crippen LogP) is 0.609. The summed E-state index contributed by atoms with van der Waals surface area (Å²) >= 11 is 5.71. The summed E-state index contributed by atoms with van der Waals surface area (Å²) in [5.74, 6) is -1.70. The minimum absolute atomic E-state index is 0.0567. The normalized spacial score (nSPS) is 11.9. The van der Waals surface area contributed by atoms with Crippen LogP contribution in [0.15, 0.2) is 12.1 Å². The Kier molecular flexibility index (Phi) is 5.06. The van der Waals surface area contributed by atoms with Gasteiger partial charge in [0.05, 0.1) is 0 Å². The third-order valence-electron chi connectivity index (χ3n) is 2.17. The van der Waals surface area contributed by atoms with E-state index in [-0.39, 0.29) is 24.0 Å². The number of carboxylic acids is 1. The molecule has 0 saturated carbocycles. The Morgan fingerprint density at radius 2 is 2.17 bits per heavy atom. The second-order valence-corrected chi connectivity index (χ2v) is 4.11. The number of carboxylic acid groups (broad SMARTS) is 1. The van der Waals surface area contributed by atoms with E-state index in [0.717, 1.165) is 0 Å². The van der Waals surface area contributed by atoms with Gasteiger partial charge in [-0.05, 0) is 19.1 Å². The maximum absolute atomic E-state index is 11.7. The number of nitrogens with one attached hydrogen (secondary N) is 1. The Labute approximate surface area is 109 Å². The van der Waals surface area contributed by atoms with Crippen LogP contribution in [0.3, 0.4) is 0 Å². The number of aryl methyl sites for hydroxylation is 1. The fourth-order valence-corrected chi connectivity index (χ4v) is 1.56. The fourth-order valence-electron chi connectivity index (χ4n) is 1.31. The lowest BCUT2D eigenvalue weighted by Gasteiger charge is -2.08. The fraction of sp³-hybridized carbons (Fsp3) is 0.364. The quantitative estimate of drug-likeness (QED) is 0.682. The van der Waals surface area contributed by atoms with E-state index in [1.165, 1.54) is 6.07 Å². The number of aliphatic carboxylic acids is 1. The van der Waals surface area contributed by atoms with Gasteiger partial charge in [0, 0.05) is 24.2 Å². The largest absolute Gasteiger partial charge is 0.479 e. The van der Waals surface area contributed by atoms with Gasteiger partial charge in [-0.15, -0.1) is 0 Å². The van der Waals surface area contributed by atoms with Crippen LogP contribution in [0, 0.1) is 6.92 Å². The minimum Gasteiger partial charge on any atom is -0.479 e. The second kappa shape index (κ2) is 6.32. The summed E-state index contributed by atoms with van der Waals surface area (Å²) in [7, 11) is 0. The zero-order chi connectivity index (χ0) is 13.7. The topological polar surface area (TPSA) is 99.5 Å². The van der Waals surface area contributed by atoms with Gasteiger partial charge >= 0.3 is 5.97 Å². The number of aliphatic hydroxyl groups excluding tert-OH is 1. The van der Waals surface area contributed by atoms with E-state index in [2.05, 4.69) is 10.3 Å². The number of amides is 1. The lowest BCUT2D eigenvalue weighted by molar-refractivity contribution is -0.146. The van der Waals surface area contributed by atoms with Gasteiger partial charge in [-0.3, -0.25) is 4.79 Å². The molecule has 0 fully saturated rings. The molecule has 18 heavy (non-hydrogen) atoms. The Morgan fingerprint density at radius 1 is 1.50 bits per heavy atom. The molecule has 0 bridgehead atoms. The molecule has 7 heteroatoms. The average molecular weight is 273 g/mol. The van der Waals surface area contributed by atoms with Gasteiger partial charge < -0.3 is 15.5 Å². The van der Waals surface area contributed by atoms with Gasteiger partial charge in [0.15, 0.2) is 6.10 Å². The number of hydrogen-bond acceptors (Lipinski definition) is 4. The summed E-state index contributed by atoms with van der Waals surface area (Å²) in [6, 6.07) is 2.98. The molecule has 6 nitrogen and oxygen atoms in total. The van der Waals surface area contributed by atoms with Gasteiger partial charge in [-0.2, -0.15) is 0 Å². The SMILES string of the molecule is Cc1cc(C(=O)NCC[C@H](O)C(=O)O)cc(Cl)n1. The van der Waals surface area contributed by atoms with Crippen molar-refractivity contribution in [2.45, 2.75) is 19.4 Å². The zero-order valence-corrected chi connectivity index (χ0v) is 10.4. The average Bonchev–Trinajstić information content (AvgIpc) is 2.27. The second-order valence-electron chi connectivity index (χ2n) is 3.72. The summed E-state index contributed by atoms with van der Waals surface area (Å²) in [5.41, 5.74) is 0.954. The zero-order valence-electron chi connectivity index (χ0n) is 9.68. The van der Waals surface area contributed by atoms with E-state index in [1.54, 1.807) is 13.0 Å². The summed E-state index contributed by atoms with van der Waals surface area (Å²) < 4.78 is 0. The van der Waals surface area contributed by atoms with Crippen molar-refractivity contribution in [3.63, 3.8) is 0 Å². The van der Waals surface area contributed by atoms with Gasteiger partial charge in [0.25, 0.3) is 5.91 Å². The summed E-state index contributed by atoms with van der Waals surface area (Å²) in [6.45, 7) is 1.77. The highest BCUT2D eigenvalue weighted by Gasteiger charge is 2.13. The minimum atomic E-state index is -1.48. The van der Waals surface area contributed by atoms with Crippen LogP contribution in [0.25, 0.3) is 0 Å². The van der Waals surface area contributed by atoms with Crippen molar-refractivity contribution in [3.8, 4) is 0 Å². The number of aliphatic hydroxyl groups is 1. The molecule has 0 radical (unpaired) electrons. The molecule has 3 N–H and O–H groups in total. The van der Waals surface area contributed by atoms with Crippen molar-refractivity contribution in [1.29, 1.82) is 0 Å². The van der Waals surface area contributed by atoms with E-state index in [9.17, 15) is 9.59 Å². The molecule has 1 heterocycles. The molecule has 1 amide bonds. The molecule has 1 aromatic heterocycles. The van der Waals surface area contributed by atoms with E-state index in [1.807, 2.05) is 0 Å². The summed E-state index contributed by atoms with van der Waals surface area (Å²) in [6.07, 6.45) is -1.54. The van der Waals surface area contributed by atoms with Crippen LogP contribution in [0.1, 0.15) is 22.5 Å². The first kappa shape index (κ1) is 14.4. The molecule has 0 saturated heterocycles. The van der Waals surface area contributed by atoms with Crippen molar-refractivity contribution < 1.29 is 19.8 Å². The van der Waals surface area contributed by atoms with Crippen LogP contribution in [0.5, 0.6) is 0 Å². The Morgan fingerprint density at radius 3 is 2.72 bits per heavy atom. The van der Waals surface area contributed by atoms with Crippen molar-refractivity contribution in [1.82, 2.24) is 10.3 Å². The number of carbonyl (C=O) groups is 2. The van der Waals surface area contributed by atoms with E-state index < -0.39 is 12.1 Å². The van der Waals surface area contributed by atoms with Crippen LogP contribution >= 0.6 is 11.6 Å². The van der Waals surface area contributed by atoms with Crippen LogP contribution in [0.4, 0.5) is 0 Å². The molecule has 1 atom stereocenters. The van der Waals surface area contributed by atoms with Gasteiger partial charge in [0.2, 0.25) is 0 Å². The number of carbonyl (C=O) groups excluding carboxylic acids is 1. The third kappa shape index (κ3) is 4.31. The predicted molar refractivity (Wildman–Crippen MR) is 64.6 cm³/mol. The van der Waals surface area contributed by atoms with Crippen molar-refractivity contribution in [2.75, 3.05) is 6.54 Å². The smallest absolute Gasteiger partial charge is 0.332 e. The maximum Gasteiger partial charge on any atom is 0.332 e. The van der Waals surface area contributed by atoms with Gasteiger partial charge in [-0.25, -0.2) is 9.78 Å². The molecule has 0 unspecified atom stereocenters. The van der Waals surface area contributed by atoms with Crippen molar-refractivity contribution >= 4 is 23.5 Å². The Hall–Kier alpha value is -1.66. The number of rotatable bonds is 5. The highest BCUT2D eigenvalue weighted by molar-refractivity contribution is 6.29. The highest BCUT2D eigenvalue weighted by atomic mass is 35.5. The number of aromatic nitrogens is 1. The van der Waals surface area contributed by atoms with E-state index in [0.29, 0.717) is 11.3 Å². The standard InChI is InChI=1S/C11H13ClN2O4/c1-6-4-7(5-9(12)14-6)10(16)13-3-2-8(15)11(17)18/h4-5,8,15H,2-3H2,1H3,(H,13,16)(H,17,18)/t8-/m0/s1. The number of halogens is 1. The van der Waals surface area contributed by atoms with Crippen LogP contribution < -0.4 is 5.32 Å². The Bertz CT molecular complexity index is 444. The van der Waals surface area contributed by atoms with Gasteiger partial charge in [0.1, 0.15) is 5.15 Å². The molecule has 0 aliphatic carbocycles. The molecule has 0 spiro atoms. The van der Waals surface area contributed by atoms with Crippen LogP contribution in [-0.4, -0.2) is 39.7 Å². The summed E-state index contributed by atoms with van der Waals surface area (Å²) in [5, 5.41) is 20.2. The molecule has 0 aliphatic heterocycles.